The molecule has 0 radical (unpaired) electrons. The van der Waals surface area contributed by atoms with Crippen molar-refractivity contribution in [2.45, 2.75) is 25.4 Å². The summed E-state index contributed by atoms with van der Waals surface area (Å²) in [7, 11) is 1.62. The lowest BCUT2D eigenvalue weighted by Gasteiger charge is -2.25. The minimum absolute atomic E-state index is 0.122. The Bertz CT molecular complexity index is 420. The molecule has 0 spiro atoms. The van der Waals surface area contributed by atoms with Crippen LogP contribution in [0.1, 0.15) is 18.4 Å². The van der Waals surface area contributed by atoms with Crippen molar-refractivity contribution in [3.63, 3.8) is 0 Å². The van der Waals surface area contributed by atoms with Gasteiger partial charge in [0, 0.05) is 31.2 Å². The van der Waals surface area contributed by atoms with E-state index in [1.807, 2.05) is 6.07 Å². The summed E-state index contributed by atoms with van der Waals surface area (Å²) < 4.78 is 5.19. The second-order valence-corrected chi connectivity index (χ2v) is 5.25. The zero-order valence-corrected chi connectivity index (χ0v) is 12.0. The molecule has 112 valence electrons. The van der Waals surface area contributed by atoms with E-state index in [0.717, 1.165) is 24.4 Å². The van der Waals surface area contributed by atoms with E-state index in [-0.39, 0.29) is 12.4 Å². The summed E-state index contributed by atoms with van der Waals surface area (Å²) in [6.45, 7) is 3.30. The van der Waals surface area contributed by atoms with Crippen molar-refractivity contribution in [3.8, 4) is 11.5 Å². The van der Waals surface area contributed by atoms with Crippen LogP contribution >= 0.6 is 0 Å². The normalized spacial score (nSPS) is 18.6. The topological polar surface area (TPSA) is 65.0 Å². The number of aliphatic hydroxyl groups excluding tert-OH is 1. The highest BCUT2D eigenvalue weighted by atomic mass is 16.5. The van der Waals surface area contributed by atoms with Crippen molar-refractivity contribution in [3.05, 3.63) is 23.8 Å². The molecule has 1 unspecified atom stereocenters. The summed E-state index contributed by atoms with van der Waals surface area (Å²) in [4.78, 5) is 2.16. The summed E-state index contributed by atoms with van der Waals surface area (Å²) >= 11 is 0. The third kappa shape index (κ3) is 4.10. The number of hydrogen-bond donors (Lipinski definition) is 3. The molecule has 5 heteroatoms. The van der Waals surface area contributed by atoms with Crippen molar-refractivity contribution < 1.29 is 14.9 Å². The van der Waals surface area contributed by atoms with E-state index in [4.69, 9.17) is 4.74 Å². The van der Waals surface area contributed by atoms with Gasteiger partial charge in [-0.05, 0) is 37.6 Å². The number of nitrogens with one attached hydrogen (secondary N) is 1. The van der Waals surface area contributed by atoms with Gasteiger partial charge in [0.1, 0.15) is 11.5 Å². The lowest BCUT2D eigenvalue weighted by molar-refractivity contribution is 0.177. The Labute approximate surface area is 120 Å². The first-order valence-corrected chi connectivity index (χ1v) is 7.15. The van der Waals surface area contributed by atoms with E-state index < -0.39 is 0 Å². The molecule has 1 aromatic carbocycles. The van der Waals surface area contributed by atoms with Gasteiger partial charge in [0.25, 0.3) is 0 Å². The lowest BCUT2D eigenvalue weighted by Crippen LogP contribution is -2.38. The molecule has 0 amide bonds. The molecule has 20 heavy (non-hydrogen) atoms. The zero-order chi connectivity index (χ0) is 14.4. The quantitative estimate of drug-likeness (QED) is 0.694. The van der Waals surface area contributed by atoms with Crippen molar-refractivity contribution in [2.24, 2.45) is 0 Å². The monoisotopic (exact) mass is 280 g/mol. The second-order valence-electron chi connectivity index (χ2n) is 5.25. The fourth-order valence-electron chi connectivity index (χ4n) is 2.66. The molecular weight excluding hydrogens is 256 g/mol. The Kier molecular flexibility index (Phi) is 5.64. The van der Waals surface area contributed by atoms with Crippen LogP contribution in [-0.4, -0.2) is 54.5 Å². The SMILES string of the molecule is COc1ccc(O)c(CN(CCO)CC2CCCN2)c1. The highest BCUT2D eigenvalue weighted by Gasteiger charge is 2.18. The van der Waals surface area contributed by atoms with Crippen LogP contribution in [0, 0.1) is 0 Å². The second kappa shape index (κ2) is 7.47. The molecule has 1 aromatic rings. The first-order valence-electron chi connectivity index (χ1n) is 7.15. The molecule has 1 fully saturated rings. The number of methoxy groups -OCH3 is 1. The van der Waals surface area contributed by atoms with Gasteiger partial charge < -0.3 is 20.3 Å². The fraction of sp³-hybridized carbons (Fsp3) is 0.600. The molecule has 5 nitrogen and oxygen atoms in total. The number of nitrogens with zero attached hydrogens (tertiary/aromatic N) is 1. The Hall–Kier alpha value is -1.30. The van der Waals surface area contributed by atoms with Crippen LogP contribution in [0.3, 0.4) is 0 Å². The van der Waals surface area contributed by atoms with E-state index in [1.54, 1.807) is 19.2 Å². The summed E-state index contributed by atoms with van der Waals surface area (Å²) in [6, 6.07) is 5.73. The van der Waals surface area contributed by atoms with Crippen LogP contribution in [0.4, 0.5) is 0 Å². The molecule has 0 aliphatic carbocycles. The van der Waals surface area contributed by atoms with Gasteiger partial charge in [0.05, 0.1) is 13.7 Å². The number of rotatable bonds is 7. The molecule has 1 aliphatic heterocycles. The van der Waals surface area contributed by atoms with Gasteiger partial charge in [0.15, 0.2) is 0 Å². The molecule has 0 saturated carbocycles. The van der Waals surface area contributed by atoms with Crippen molar-refractivity contribution in [2.75, 3.05) is 33.4 Å². The molecule has 1 heterocycles. The predicted octanol–water partition coefficient (Wildman–Crippen LogP) is 0.947. The molecule has 0 bridgehead atoms. The Morgan fingerprint density at radius 3 is 2.95 bits per heavy atom. The molecule has 1 aliphatic rings. The number of hydrogen-bond acceptors (Lipinski definition) is 5. The number of phenols is 1. The lowest BCUT2D eigenvalue weighted by atomic mass is 10.1. The summed E-state index contributed by atoms with van der Waals surface area (Å²) in [5.74, 6) is 1.01. The predicted molar refractivity (Wildman–Crippen MR) is 78.0 cm³/mol. The first kappa shape index (κ1) is 15.1. The third-order valence-electron chi connectivity index (χ3n) is 3.74. The van der Waals surface area contributed by atoms with Crippen LogP contribution in [-0.2, 0) is 6.54 Å². The van der Waals surface area contributed by atoms with Crippen LogP contribution < -0.4 is 10.1 Å². The van der Waals surface area contributed by atoms with E-state index >= 15 is 0 Å². The number of aliphatic hydroxyl groups is 1. The van der Waals surface area contributed by atoms with Crippen molar-refractivity contribution in [1.82, 2.24) is 10.2 Å². The zero-order valence-electron chi connectivity index (χ0n) is 12.0. The number of ether oxygens (including phenoxy) is 1. The van der Waals surface area contributed by atoms with Crippen LogP contribution in [0.15, 0.2) is 18.2 Å². The largest absolute Gasteiger partial charge is 0.508 e. The van der Waals surface area contributed by atoms with E-state index in [2.05, 4.69) is 10.2 Å². The van der Waals surface area contributed by atoms with E-state index in [0.29, 0.717) is 19.1 Å². The molecule has 3 N–H and O–H groups in total. The van der Waals surface area contributed by atoms with Crippen molar-refractivity contribution >= 4 is 0 Å². The van der Waals surface area contributed by atoms with Gasteiger partial charge in [-0.25, -0.2) is 0 Å². The van der Waals surface area contributed by atoms with Gasteiger partial charge in [-0.1, -0.05) is 0 Å². The third-order valence-corrected chi connectivity index (χ3v) is 3.74. The average molecular weight is 280 g/mol. The average Bonchev–Trinajstić information content (AvgIpc) is 2.94. The number of benzene rings is 1. The van der Waals surface area contributed by atoms with Gasteiger partial charge in [-0.3, -0.25) is 4.90 Å². The Balaban J connectivity index is 2.02. The standard InChI is InChI=1S/C15H24N2O3/c1-20-14-4-5-15(19)12(9-14)10-17(7-8-18)11-13-3-2-6-16-13/h4-5,9,13,16,18-19H,2-3,6-8,10-11H2,1H3. The van der Waals surface area contributed by atoms with Crippen LogP contribution in [0.2, 0.25) is 0 Å². The molecule has 0 aromatic heterocycles. The maximum absolute atomic E-state index is 9.95. The number of phenolic OH excluding ortho intramolecular Hbond substituents is 1. The van der Waals surface area contributed by atoms with Crippen LogP contribution in [0.5, 0.6) is 11.5 Å². The van der Waals surface area contributed by atoms with Gasteiger partial charge >= 0.3 is 0 Å². The molecule has 1 atom stereocenters. The Morgan fingerprint density at radius 2 is 2.30 bits per heavy atom. The van der Waals surface area contributed by atoms with Gasteiger partial charge in [0.2, 0.25) is 0 Å². The summed E-state index contributed by atoms with van der Waals surface area (Å²) in [5.41, 5.74) is 0.829. The first-order chi connectivity index (χ1) is 9.72. The fourth-order valence-corrected chi connectivity index (χ4v) is 2.66. The molecule has 2 rings (SSSR count). The van der Waals surface area contributed by atoms with Gasteiger partial charge in [-0.15, -0.1) is 0 Å². The van der Waals surface area contributed by atoms with Crippen LogP contribution in [0.25, 0.3) is 0 Å². The maximum atomic E-state index is 9.95. The summed E-state index contributed by atoms with van der Waals surface area (Å²) in [6.07, 6.45) is 2.38. The highest BCUT2D eigenvalue weighted by Crippen LogP contribution is 2.24. The smallest absolute Gasteiger partial charge is 0.120 e. The van der Waals surface area contributed by atoms with Gasteiger partial charge in [-0.2, -0.15) is 0 Å². The Morgan fingerprint density at radius 1 is 1.45 bits per heavy atom. The minimum Gasteiger partial charge on any atom is -0.508 e. The molecular formula is C15H24N2O3. The van der Waals surface area contributed by atoms with E-state index in [9.17, 15) is 10.2 Å². The minimum atomic E-state index is 0.122. The number of aromatic hydroxyl groups is 1. The van der Waals surface area contributed by atoms with E-state index in [1.165, 1.54) is 12.8 Å². The molecule has 1 saturated heterocycles. The summed E-state index contributed by atoms with van der Waals surface area (Å²) in [5, 5.41) is 22.6. The van der Waals surface area contributed by atoms with Crippen molar-refractivity contribution in [1.29, 1.82) is 0 Å². The maximum Gasteiger partial charge on any atom is 0.120 e. The highest BCUT2D eigenvalue weighted by molar-refractivity contribution is 5.39.